The number of anilines is 1. The zero-order valence-electron chi connectivity index (χ0n) is 19.9. The highest BCUT2D eigenvalue weighted by molar-refractivity contribution is 5.98. The van der Waals surface area contributed by atoms with Crippen LogP contribution in [-0.4, -0.2) is 62.3 Å². The first-order valence-corrected chi connectivity index (χ1v) is 12.3. The van der Waals surface area contributed by atoms with Crippen LogP contribution in [0.5, 0.6) is 5.75 Å². The molecule has 0 radical (unpaired) electrons. The molecule has 0 aliphatic carbocycles. The van der Waals surface area contributed by atoms with Gasteiger partial charge in [-0.3, -0.25) is 9.78 Å². The number of hydrogen-bond donors (Lipinski definition) is 0. The number of fused-ring (bicyclic) bond motifs is 1. The van der Waals surface area contributed by atoms with Crippen molar-refractivity contribution >= 4 is 22.4 Å². The standard InChI is InChI=1S/C28H33N3O3/c1-33-27-10-9-24(30-11-5-2-6-12-30)16-26(27)28(32)31-13-14-34-20-21(19-31)15-23-18-29-17-22-7-3-4-8-25(22)23/h3-4,7-10,16-18,21H,2,5-6,11-15,19-20H2,1H3/t21-/m1/s1. The minimum absolute atomic E-state index is 0.0160. The molecule has 0 saturated carbocycles. The van der Waals surface area contributed by atoms with Crippen LogP contribution in [0.1, 0.15) is 35.2 Å². The van der Waals surface area contributed by atoms with E-state index in [9.17, 15) is 4.79 Å². The van der Waals surface area contributed by atoms with E-state index in [0.717, 1.165) is 30.6 Å². The molecule has 2 saturated heterocycles. The van der Waals surface area contributed by atoms with Gasteiger partial charge < -0.3 is 19.3 Å². The van der Waals surface area contributed by atoms with Gasteiger partial charge in [0, 0.05) is 55.6 Å². The van der Waals surface area contributed by atoms with Crippen LogP contribution in [-0.2, 0) is 11.2 Å². The summed E-state index contributed by atoms with van der Waals surface area (Å²) in [6.45, 7) is 4.50. The molecule has 2 aromatic carbocycles. The van der Waals surface area contributed by atoms with Gasteiger partial charge in [0.15, 0.2) is 0 Å². The summed E-state index contributed by atoms with van der Waals surface area (Å²) < 4.78 is 11.5. The van der Waals surface area contributed by atoms with Crippen LogP contribution in [0.2, 0.25) is 0 Å². The van der Waals surface area contributed by atoms with E-state index in [-0.39, 0.29) is 11.8 Å². The summed E-state index contributed by atoms with van der Waals surface area (Å²) in [6.07, 6.45) is 8.35. The van der Waals surface area contributed by atoms with Crippen LogP contribution in [0.15, 0.2) is 54.9 Å². The molecule has 6 nitrogen and oxygen atoms in total. The molecule has 2 fully saturated rings. The largest absolute Gasteiger partial charge is 0.496 e. The molecule has 0 spiro atoms. The van der Waals surface area contributed by atoms with Crippen molar-refractivity contribution in [1.82, 2.24) is 9.88 Å². The average molecular weight is 460 g/mol. The Morgan fingerprint density at radius 3 is 2.79 bits per heavy atom. The maximum absolute atomic E-state index is 13.7. The van der Waals surface area contributed by atoms with Crippen LogP contribution >= 0.6 is 0 Å². The minimum atomic E-state index is 0.0160. The molecule has 2 aliphatic heterocycles. The number of ether oxygens (including phenoxy) is 2. The zero-order chi connectivity index (χ0) is 23.3. The van der Waals surface area contributed by atoms with E-state index in [0.29, 0.717) is 37.6 Å². The van der Waals surface area contributed by atoms with Crippen molar-refractivity contribution in [2.24, 2.45) is 5.92 Å². The Hall–Kier alpha value is -3.12. The number of benzene rings is 2. The summed E-state index contributed by atoms with van der Waals surface area (Å²) in [5.74, 6) is 0.850. The third kappa shape index (κ3) is 4.87. The molecular formula is C28H33N3O3. The van der Waals surface area contributed by atoms with Crippen molar-refractivity contribution in [2.45, 2.75) is 25.7 Å². The number of hydrogen-bond acceptors (Lipinski definition) is 5. The van der Waals surface area contributed by atoms with E-state index in [4.69, 9.17) is 9.47 Å². The predicted molar refractivity (Wildman–Crippen MR) is 135 cm³/mol. The lowest BCUT2D eigenvalue weighted by Crippen LogP contribution is -2.37. The van der Waals surface area contributed by atoms with Crippen molar-refractivity contribution in [1.29, 1.82) is 0 Å². The van der Waals surface area contributed by atoms with E-state index < -0.39 is 0 Å². The van der Waals surface area contributed by atoms with Crippen molar-refractivity contribution in [3.05, 3.63) is 66.0 Å². The van der Waals surface area contributed by atoms with Gasteiger partial charge in [0.25, 0.3) is 5.91 Å². The van der Waals surface area contributed by atoms with Gasteiger partial charge in [0.05, 0.1) is 25.9 Å². The monoisotopic (exact) mass is 459 g/mol. The molecule has 0 bridgehead atoms. The number of methoxy groups -OCH3 is 1. The lowest BCUT2D eigenvalue weighted by Gasteiger charge is -2.30. The summed E-state index contributed by atoms with van der Waals surface area (Å²) in [4.78, 5) is 22.5. The van der Waals surface area contributed by atoms with Crippen LogP contribution in [0, 0.1) is 5.92 Å². The lowest BCUT2D eigenvalue weighted by atomic mass is 9.96. The lowest BCUT2D eigenvalue weighted by molar-refractivity contribution is 0.0734. The number of aromatic nitrogens is 1. The molecule has 34 heavy (non-hydrogen) atoms. The Morgan fingerprint density at radius 2 is 1.94 bits per heavy atom. The highest BCUT2D eigenvalue weighted by Gasteiger charge is 2.27. The number of carbonyl (C=O) groups excluding carboxylic acids is 1. The van der Waals surface area contributed by atoms with Crippen LogP contribution < -0.4 is 9.64 Å². The van der Waals surface area contributed by atoms with Gasteiger partial charge in [-0.05, 0) is 54.8 Å². The second-order valence-electron chi connectivity index (χ2n) is 9.35. The summed E-state index contributed by atoms with van der Waals surface area (Å²) in [5, 5.41) is 2.36. The molecular weight excluding hydrogens is 426 g/mol. The second kappa shape index (κ2) is 10.4. The third-order valence-electron chi connectivity index (χ3n) is 7.02. The topological polar surface area (TPSA) is 54.9 Å². The molecule has 1 aromatic heterocycles. The molecule has 5 rings (SSSR count). The third-order valence-corrected chi connectivity index (χ3v) is 7.02. The Labute approximate surface area is 201 Å². The first-order chi connectivity index (χ1) is 16.7. The van der Waals surface area contributed by atoms with Crippen molar-refractivity contribution in [3.8, 4) is 5.75 Å². The van der Waals surface area contributed by atoms with E-state index >= 15 is 0 Å². The van der Waals surface area contributed by atoms with Crippen molar-refractivity contribution < 1.29 is 14.3 Å². The quantitative estimate of drug-likeness (QED) is 0.560. The number of amides is 1. The van der Waals surface area contributed by atoms with Gasteiger partial charge in [-0.1, -0.05) is 24.3 Å². The Kier molecular flexibility index (Phi) is 6.95. The van der Waals surface area contributed by atoms with Gasteiger partial charge in [-0.25, -0.2) is 0 Å². The Morgan fingerprint density at radius 1 is 1.09 bits per heavy atom. The first kappa shape index (κ1) is 22.7. The molecule has 6 heteroatoms. The summed E-state index contributed by atoms with van der Waals surface area (Å²) in [5.41, 5.74) is 2.94. The number of carbonyl (C=O) groups is 1. The molecule has 1 atom stereocenters. The van der Waals surface area contributed by atoms with Crippen LogP contribution in [0.25, 0.3) is 10.8 Å². The number of nitrogens with zero attached hydrogens (tertiary/aromatic N) is 3. The van der Waals surface area contributed by atoms with Gasteiger partial charge in [-0.2, -0.15) is 0 Å². The van der Waals surface area contributed by atoms with E-state index in [1.165, 1.54) is 30.2 Å². The van der Waals surface area contributed by atoms with Crippen molar-refractivity contribution in [2.75, 3.05) is 51.4 Å². The Bertz CT molecular complexity index is 1140. The highest BCUT2D eigenvalue weighted by atomic mass is 16.5. The molecule has 178 valence electrons. The predicted octanol–water partition coefficient (Wildman–Crippen LogP) is 4.57. The van der Waals surface area contributed by atoms with Gasteiger partial charge in [0.1, 0.15) is 5.75 Å². The van der Waals surface area contributed by atoms with Gasteiger partial charge in [-0.15, -0.1) is 0 Å². The average Bonchev–Trinajstić information content (AvgIpc) is 3.14. The minimum Gasteiger partial charge on any atom is -0.496 e. The number of piperidine rings is 1. The van der Waals surface area contributed by atoms with E-state index in [2.05, 4.69) is 34.1 Å². The van der Waals surface area contributed by atoms with E-state index in [1.54, 1.807) is 7.11 Å². The normalized spacial score (nSPS) is 19.1. The summed E-state index contributed by atoms with van der Waals surface area (Å²) in [7, 11) is 1.63. The SMILES string of the molecule is COc1ccc(N2CCCCC2)cc1C(=O)N1CCOC[C@H](Cc2cncc3ccccc23)C1. The van der Waals surface area contributed by atoms with Crippen LogP contribution in [0.3, 0.4) is 0 Å². The smallest absolute Gasteiger partial charge is 0.257 e. The molecule has 0 unspecified atom stereocenters. The molecule has 3 heterocycles. The highest BCUT2D eigenvalue weighted by Crippen LogP contribution is 2.29. The van der Waals surface area contributed by atoms with Gasteiger partial charge >= 0.3 is 0 Å². The fourth-order valence-electron chi connectivity index (χ4n) is 5.22. The molecule has 1 amide bonds. The molecule has 3 aromatic rings. The van der Waals surface area contributed by atoms with Gasteiger partial charge in [0.2, 0.25) is 0 Å². The molecule has 2 aliphatic rings. The zero-order valence-corrected chi connectivity index (χ0v) is 19.9. The second-order valence-corrected chi connectivity index (χ2v) is 9.35. The number of pyridine rings is 1. The Balaban J connectivity index is 1.37. The van der Waals surface area contributed by atoms with Crippen molar-refractivity contribution in [3.63, 3.8) is 0 Å². The maximum Gasteiger partial charge on any atom is 0.257 e. The summed E-state index contributed by atoms with van der Waals surface area (Å²) in [6, 6.07) is 14.4. The first-order valence-electron chi connectivity index (χ1n) is 12.3. The summed E-state index contributed by atoms with van der Waals surface area (Å²) >= 11 is 0. The van der Waals surface area contributed by atoms with Crippen LogP contribution in [0.4, 0.5) is 5.69 Å². The maximum atomic E-state index is 13.7. The number of rotatable bonds is 5. The van der Waals surface area contributed by atoms with E-state index in [1.807, 2.05) is 35.5 Å². The fourth-order valence-corrected chi connectivity index (χ4v) is 5.22. The fraction of sp³-hybridized carbons (Fsp3) is 0.429. The molecule has 0 N–H and O–H groups in total.